The van der Waals surface area contributed by atoms with Gasteiger partial charge in [-0.3, -0.25) is 9.59 Å². The quantitative estimate of drug-likeness (QED) is 0.317. The molecule has 0 amide bonds. The minimum Gasteiger partial charge on any atom is -0.459 e. The number of fused-ring (bicyclic) bond motifs is 2. The molecule has 7 nitrogen and oxygen atoms in total. The maximum absolute atomic E-state index is 13.0. The van der Waals surface area contributed by atoms with Gasteiger partial charge < -0.3 is 24.4 Å². The highest BCUT2D eigenvalue weighted by atomic mass is 16.6. The summed E-state index contributed by atoms with van der Waals surface area (Å²) in [6.45, 7) is 12.2. The van der Waals surface area contributed by atoms with Crippen LogP contribution in [0.1, 0.15) is 85.5 Å². The Bertz CT molecular complexity index is 822. The van der Waals surface area contributed by atoms with E-state index in [0.717, 1.165) is 32.1 Å². The summed E-state index contributed by atoms with van der Waals surface area (Å²) in [7, 11) is 0. The molecule has 2 N–H and O–H groups in total. The Morgan fingerprint density at radius 3 is 2.63 bits per heavy atom. The van der Waals surface area contributed by atoms with Crippen molar-refractivity contribution in [1.29, 1.82) is 0 Å². The zero-order valence-electron chi connectivity index (χ0n) is 21.8. The van der Waals surface area contributed by atoms with Gasteiger partial charge in [0.25, 0.3) is 0 Å². The number of carbonyl (C=O) groups is 2. The first-order valence-electron chi connectivity index (χ1n) is 13.6. The first kappa shape index (κ1) is 26.8. The topological polar surface area (TPSA) is 102 Å². The van der Waals surface area contributed by atoms with E-state index in [1.807, 2.05) is 6.92 Å². The molecule has 2 bridgehead atoms. The van der Waals surface area contributed by atoms with Gasteiger partial charge in [-0.05, 0) is 44.1 Å². The summed E-state index contributed by atoms with van der Waals surface area (Å²) >= 11 is 0. The number of ketones is 1. The zero-order valence-corrected chi connectivity index (χ0v) is 21.8. The molecule has 0 radical (unpaired) electrons. The van der Waals surface area contributed by atoms with E-state index < -0.39 is 41.5 Å². The van der Waals surface area contributed by atoms with Gasteiger partial charge in [0.1, 0.15) is 17.3 Å². The molecule has 4 fully saturated rings. The second-order valence-electron chi connectivity index (χ2n) is 11.9. The van der Waals surface area contributed by atoms with Crippen molar-refractivity contribution in [3.63, 3.8) is 0 Å². The largest absolute Gasteiger partial charge is 0.459 e. The van der Waals surface area contributed by atoms with Crippen LogP contribution in [0.4, 0.5) is 0 Å². The molecule has 1 saturated carbocycles. The maximum atomic E-state index is 13.0. The summed E-state index contributed by atoms with van der Waals surface area (Å²) in [6.07, 6.45) is 3.75. The number of hydrogen-bond donors (Lipinski definition) is 2. The van der Waals surface area contributed by atoms with Crippen molar-refractivity contribution in [3.05, 3.63) is 12.2 Å². The number of Topliss-reactive ketones (excluding diaryl/α,β-unsaturated/α-hetero) is 1. The Hall–Kier alpha value is -1.28. The SMILES string of the molecule is C=C1C[C@H]2O[C@@H]3[C@@H]4[C@H](CC(=O)[C@@](C)(O)[C@@H]42)[C@H](C)CO[C@]3(C)[C@@H](OC(=O)CCCCCCC)C[C@@H]1O. The Morgan fingerprint density at radius 1 is 1.20 bits per heavy atom. The van der Waals surface area contributed by atoms with Gasteiger partial charge in [0.2, 0.25) is 0 Å². The van der Waals surface area contributed by atoms with Crippen LogP contribution in [0, 0.1) is 23.7 Å². The molecule has 0 aromatic heterocycles. The highest BCUT2D eigenvalue weighted by molar-refractivity contribution is 5.88. The van der Waals surface area contributed by atoms with Gasteiger partial charge in [-0.15, -0.1) is 0 Å². The number of carbonyl (C=O) groups excluding carboxylic acids is 2. The van der Waals surface area contributed by atoms with Gasteiger partial charge in [0.15, 0.2) is 5.78 Å². The first-order valence-corrected chi connectivity index (χ1v) is 13.6. The molecule has 1 aliphatic carbocycles. The highest BCUT2D eigenvalue weighted by Crippen LogP contribution is 2.58. The van der Waals surface area contributed by atoms with Crippen LogP contribution in [0.2, 0.25) is 0 Å². The van der Waals surface area contributed by atoms with E-state index in [4.69, 9.17) is 14.2 Å². The van der Waals surface area contributed by atoms with E-state index in [1.54, 1.807) is 6.92 Å². The van der Waals surface area contributed by atoms with Crippen LogP contribution in [0.25, 0.3) is 0 Å². The van der Waals surface area contributed by atoms with Crippen LogP contribution in [0.5, 0.6) is 0 Å². The average Bonchev–Trinajstić information content (AvgIpc) is 3.16. The minimum atomic E-state index is -1.53. The number of unbranched alkanes of at least 4 members (excludes halogenated alkanes) is 4. The summed E-state index contributed by atoms with van der Waals surface area (Å²) in [5.41, 5.74) is -1.97. The van der Waals surface area contributed by atoms with Gasteiger partial charge >= 0.3 is 5.97 Å². The summed E-state index contributed by atoms with van der Waals surface area (Å²) < 4.78 is 19.2. The van der Waals surface area contributed by atoms with Gasteiger partial charge in [-0.1, -0.05) is 46.1 Å². The zero-order chi connectivity index (χ0) is 25.5. The molecule has 10 atom stereocenters. The fourth-order valence-corrected chi connectivity index (χ4v) is 7.09. The number of rotatable bonds is 7. The second-order valence-corrected chi connectivity index (χ2v) is 11.9. The number of aliphatic hydroxyl groups is 2. The molecule has 3 heterocycles. The molecule has 7 heteroatoms. The third-order valence-corrected chi connectivity index (χ3v) is 9.34. The Kier molecular flexibility index (Phi) is 7.83. The summed E-state index contributed by atoms with van der Waals surface area (Å²) in [5, 5.41) is 22.4. The van der Waals surface area contributed by atoms with Crippen LogP contribution in [0.3, 0.4) is 0 Å². The van der Waals surface area contributed by atoms with E-state index in [9.17, 15) is 19.8 Å². The van der Waals surface area contributed by atoms with Crippen molar-refractivity contribution in [2.45, 2.75) is 121 Å². The molecule has 3 aliphatic heterocycles. The lowest BCUT2D eigenvalue weighted by molar-refractivity contribution is -0.205. The average molecular weight is 493 g/mol. The standard InChI is InChI=1S/C28H44O7/c1-6-7-8-9-10-11-23(31)35-22-14-19(29)16(2)12-20-25-24-18(13-21(30)27(25,4)32)17(3)15-33-28(22,5)26(24)34-20/h17-20,22,24-26,29,32H,2,6-15H2,1,3-5H3/t17-,18-,19+,20-,22+,24-,25-,26-,27-,28-/m1/s1. The molecule has 4 rings (SSSR count). The van der Waals surface area contributed by atoms with E-state index in [2.05, 4.69) is 20.4 Å². The number of ether oxygens (including phenoxy) is 3. The molecule has 198 valence electrons. The lowest BCUT2D eigenvalue weighted by Crippen LogP contribution is -2.60. The monoisotopic (exact) mass is 492 g/mol. The third kappa shape index (κ3) is 4.86. The summed E-state index contributed by atoms with van der Waals surface area (Å²) in [4.78, 5) is 26.0. The van der Waals surface area contributed by atoms with Gasteiger partial charge in [-0.2, -0.15) is 0 Å². The molecule has 0 spiro atoms. The second kappa shape index (κ2) is 10.2. The molecule has 35 heavy (non-hydrogen) atoms. The van der Waals surface area contributed by atoms with E-state index >= 15 is 0 Å². The molecule has 0 aromatic carbocycles. The molecular weight excluding hydrogens is 448 g/mol. The van der Waals surface area contributed by atoms with E-state index in [1.165, 1.54) is 0 Å². The molecule has 0 unspecified atom stereocenters. The smallest absolute Gasteiger partial charge is 0.306 e. The van der Waals surface area contributed by atoms with Gasteiger partial charge in [0.05, 0.1) is 24.9 Å². The van der Waals surface area contributed by atoms with Crippen molar-refractivity contribution in [2.24, 2.45) is 23.7 Å². The minimum absolute atomic E-state index is 0.0112. The van der Waals surface area contributed by atoms with Gasteiger partial charge in [0, 0.05) is 31.1 Å². The molecule has 3 saturated heterocycles. The summed E-state index contributed by atoms with van der Waals surface area (Å²) in [6, 6.07) is 0. The van der Waals surface area contributed by atoms with Crippen LogP contribution < -0.4 is 0 Å². The van der Waals surface area contributed by atoms with Crippen LogP contribution in [0.15, 0.2) is 12.2 Å². The summed E-state index contributed by atoms with van der Waals surface area (Å²) in [5.74, 6) is -0.912. The highest BCUT2D eigenvalue weighted by Gasteiger charge is 2.68. The lowest BCUT2D eigenvalue weighted by atomic mass is 9.57. The van der Waals surface area contributed by atoms with Crippen LogP contribution in [-0.2, 0) is 23.8 Å². The van der Waals surface area contributed by atoms with Crippen molar-refractivity contribution < 1.29 is 34.0 Å². The normalized spacial score (nSPS) is 45.3. The number of esters is 1. The fourth-order valence-electron chi connectivity index (χ4n) is 7.09. The number of aliphatic hydroxyl groups excluding tert-OH is 1. The third-order valence-electron chi connectivity index (χ3n) is 9.34. The van der Waals surface area contributed by atoms with Crippen molar-refractivity contribution in [3.8, 4) is 0 Å². The van der Waals surface area contributed by atoms with E-state index in [0.29, 0.717) is 25.0 Å². The fraction of sp³-hybridized carbons (Fsp3) is 0.857. The number of hydrogen-bond acceptors (Lipinski definition) is 7. The first-order chi connectivity index (χ1) is 16.5. The molecule has 4 aliphatic rings. The Balaban J connectivity index is 1.65. The van der Waals surface area contributed by atoms with E-state index in [-0.39, 0.29) is 42.3 Å². The maximum Gasteiger partial charge on any atom is 0.306 e. The lowest BCUT2D eigenvalue weighted by Gasteiger charge is -2.47. The van der Waals surface area contributed by atoms with Crippen molar-refractivity contribution >= 4 is 11.8 Å². The van der Waals surface area contributed by atoms with Crippen LogP contribution in [-0.4, -0.2) is 64.2 Å². The molecular formula is C28H44O7. The van der Waals surface area contributed by atoms with Crippen molar-refractivity contribution in [1.82, 2.24) is 0 Å². The van der Waals surface area contributed by atoms with Crippen LogP contribution >= 0.6 is 0 Å². The predicted molar refractivity (Wildman–Crippen MR) is 131 cm³/mol. The Morgan fingerprint density at radius 2 is 1.91 bits per heavy atom. The van der Waals surface area contributed by atoms with Gasteiger partial charge in [-0.25, -0.2) is 0 Å². The molecule has 0 aromatic rings. The van der Waals surface area contributed by atoms with Crippen molar-refractivity contribution in [2.75, 3.05) is 6.61 Å². The predicted octanol–water partition coefficient (Wildman–Crippen LogP) is 3.73. The Labute approximate surface area is 209 Å².